The SMILES string of the molecule is N#Cc1cnc(N2CCC(c3n[nH]c(CN)n3)CC2)c2sccc12. The van der Waals surface area contributed by atoms with Gasteiger partial charge in [-0.25, -0.2) is 9.97 Å². The topological polar surface area (TPSA) is 108 Å². The molecule has 0 unspecified atom stereocenters. The summed E-state index contributed by atoms with van der Waals surface area (Å²) in [4.78, 5) is 11.3. The van der Waals surface area contributed by atoms with Gasteiger partial charge in [0.05, 0.1) is 16.8 Å². The number of aromatic nitrogens is 4. The first-order valence-corrected chi connectivity index (χ1v) is 8.80. The summed E-state index contributed by atoms with van der Waals surface area (Å²) in [6.07, 6.45) is 3.64. The second-order valence-corrected chi connectivity index (χ2v) is 6.79. The lowest BCUT2D eigenvalue weighted by Gasteiger charge is -2.32. The zero-order chi connectivity index (χ0) is 16.5. The van der Waals surface area contributed by atoms with E-state index in [0.29, 0.717) is 18.0 Å². The average Bonchev–Trinajstić information content (AvgIpc) is 3.30. The van der Waals surface area contributed by atoms with Gasteiger partial charge in [-0.3, -0.25) is 5.10 Å². The lowest BCUT2D eigenvalue weighted by Crippen LogP contribution is -2.33. The fourth-order valence-electron chi connectivity index (χ4n) is 3.20. The molecule has 0 amide bonds. The van der Waals surface area contributed by atoms with Crippen LogP contribution in [0, 0.1) is 11.3 Å². The number of H-pyrrole nitrogens is 1. The molecule has 0 atom stereocenters. The molecule has 3 N–H and O–H groups in total. The van der Waals surface area contributed by atoms with E-state index in [0.717, 1.165) is 53.5 Å². The van der Waals surface area contributed by atoms with E-state index in [4.69, 9.17) is 5.73 Å². The molecular formula is C16H17N7S. The molecule has 4 heterocycles. The number of anilines is 1. The lowest BCUT2D eigenvalue weighted by molar-refractivity contribution is 0.485. The third-order valence-corrected chi connectivity index (χ3v) is 5.41. The summed E-state index contributed by atoms with van der Waals surface area (Å²) < 4.78 is 1.09. The summed E-state index contributed by atoms with van der Waals surface area (Å²) in [5, 5.41) is 19.4. The fourth-order valence-corrected chi connectivity index (χ4v) is 4.13. The van der Waals surface area contributed by atoms with Crippen LogP contribution < -0.4 is 10.6 Å². The molecule has 0 aliphatic carbocycles. The van der Waals surface area contributed by atoms with Gasteiger partial charge in [-0.15, -0.1) is 11.3 Å². The number of rotatable bonds is 3. The number of hydrogen-bond donors (Lipinski definition) is 2. The van der Waals surface area contributed by atoms with E-state index in [1.165, 1.54) is 0 Å². The van der Waals surface area contributed by atoms with Crippen molar-refractivity contribution in [1.82, 2.24) is 20.2 Å². The van der Waals surface area contributed by atoms with Gasteiger partial charge in [0.2, 0.25) is 0 Å². The van der Waals surface area contributed by atoms with Gasteiger partial charge in [-0.05, 0) is 24.3 Å². The Bertz CT molecular complexity index is 899. The number of nitrogens with two attached hydrogens (primary N) is 1. The second-order valence-electron chi connectivity index (χ2n) is 5.88. The van der Waals surface area contributed by atoms with Gasteiger partial charge in [-0.2, -0.15) is 10.4 Å². The van der Waals surface area contributed by atoms with Gasteiger partial charge < -0.3 is 10.6 Å². The van der Waals surface area contributed by atoms with Crippen LogP contribution in [-0.4, -0.2) is 33.3 Å². The van der Waals surface area contributed by atoms with Gasteiger partial charge in [0.25, 0.3) is 0 Å². The summed E-state index contributed by atoms with van der Waals surface area (Å²) in [6.45, 7) is 2.20. The number of thiophene rings is 1. The Labute approximate surface area is 143 Å². The van der Waals surface area contributed by atoms with E-state index >= 15 is 0 Å². The molecular weight excluding hydrogens is 322 g/mol. The van der Waals surface area contributed by atoms with Crippen molar-refractivity contribution in [2.45, 2.75) is 25.3 Å². The number of aromatic amines is 1. The maximum atomic E-state index is 9.21. The molecule has 1 aliphatic rings. The van der Waals surface area contributed by atoms with Gasteiger partial charge in [0.1, 0.15) is 17.7 Å². The third kappa shape index (κ3) is 2.52. The van der Waals surface area contributed by atoms with Crippen molar-refractivity contribution in [3.63, 3.8) is 0 Å². The number of nitriles is 1. The molecule has 7 nitrogen and oxygen atoms in total. The highest BCUT2D eigenvalue weighted by Crippen LogP contribution is 2.35. The average molecular weight is 339 g/mol. The highest BCUT2D eigenvalue weighted by molar-refractivity contribution is 7.17. The number of nitrogens with one attached hydrogen (secondary N) is 1. The minimum atomic E-state index is 0.356. The molecule has 4 rings (SSSR count). The molecule has 0 bridgehead atoms. The maximum absolute atomic E-state index is 9.21. The highest BCUT2D eigenvalue weighted by Gasteiger charge is 2.25. The molecule has 1 aliphatic heterocycles. The van der Waals surface area contributed by atoms with Crippen molar-refractivity contribution in [3.05, 3.63) is 34.9 Å². The molecule has 122 valence electrons. The van der Waals surface area contributed by atoms with E-state index in [-0.39, 0.29) is 0 Å². The summed E-state index contributed by atoms with van der Waals surface area (Å²) in [7, 11) is 0. The Hall–Kier alpha value is -2.50. The van der Waals surface area contributed by atoms with Crippen LogP contribution in [-0.2, 0) is 6.54 Å². The summed E-state index contributed by atoms with van der Waals surface area (Å²) >= 11 is 1.64. The molecule has 0 spiro atoms. The van der Waals surface area contributed by atoms with Crippen molar-refractivity contribution in [2.24, 2.45) is 5.73 Å². The molecule has 0 aromatic carbocycles. The van der Waals surface area contributed by atoms with Crippen LogP contribution in [0.2, 0.25) is 0 Å². The normalized spacial score (nSPS) is 15.8. The van der Waals surface area contributed by atoms with Crippen LogP contribution in [0.4, 0.5) is 5.82 Å². The monoisotopic (exact) mass is 339 g/mol. The van der Waals surface area contributed by atoms with E-state index in [9.17, 15) is 5.26 Å². The third-order valence-electron chi connectivity index (χ3n) is 4.50. The zero-order valence-corrected chi connectivity index (χ0v) is 13.9. The number of nitrogens with zero attached hydrogens (tertiary/aromatic N) is 5. The van der Waals surface area contributed by atoms with E-state index < -0.39 is 0 Å². The largest absolute Gasteiger partial charge is 0.355 e. The van der Waals surface area contributed by atoms with Gasteiger partial charge in [0.15, 0.2) is 5.82 Å². The predicted molar refractivity (Wildman–Crippen MR) is 92.8 cm³/mol. The quantitative estimate of drug-likeness (QED) is 0.757. The lowest BCUT2D eigenvalue weighted by atomic mass is 9.96. The number of hydrogen-bond acceptors (Lipinski definition) is 7. The zero-order valence-electron chi connectivity index (χ0n) is 13.1. The number of fused-ring (bicyclic) bond motifs is 1. The predicted octanol–water partition coefficient (Wildman–Crippen LogP) is 2.13. The summed E-state index contributed by atoms with van der Waals surface area (Å²) in [5.41, 5.74) is 6.22. The van der Waals surface area contributed by atoms with Crippen LogP contribution >= 0.6 is 11.3 Å². The minimum absolute atomic E-state index is 0.356. The molecule has 1 fully saturated rings. The summed E-state index contributed by atoms with van der Waals surface area (Å²) in [6, 6.07) is 4.22. The summed E-state index contributed by atoms with van der Waals surface area (Å²) in [5.74, 6) is 2.94. The standard InChI is InChI=1S/C16H17N7S/c17-7-11-9-19-16(14-12(11)3-6-24-14)23-4-1-10(2-5-23)15-20-13(8-18)21-22-15/h3,6,9-10H,1-2,4-5,8,18H2,(H,20,21,22). The Balaban J connectivity index is 1.54. The van der Waals surface area contributed by atoms with Crippen molar-refractivity contribution >= 4 is 27.2 Å². The van der Waals surface area contributed by atoms with Crippen LogP contribution in [0.15, 0.2) is 17.6 Å². The van der Waals surface area contributed by atoms with E-state index in [1.807, 2.05) is 11.4 Å². The number of pyridine rings is 1. The van der Waals surface area contributed by atoms with Crippen LogP contribution in [0.3, 0.4) is 0 Å². The van der Waals surface area contributed by atoms with Crippen LogP contribution in [0.5, 0.6) is 0 Å². The molecule has 8 heteroatoms. The van der Waals surface area contributed by atoms with Crippen molar-refractivity contribution < 1.29 is 0 Å². The fraction of sp³-hybridized carbons (Fsp3) is 0.375. The first kappa shape index (κ1) is 15.1. The van der Waals surface area contributed by atoms with Crippen molar-refractivity contribution in [1.29, 1.82) is 5.26 Å². The van der Waals surface area contributed by atoms with Crippen LogP contribution in [0.25, 0.3) is 10.1 Å². The second kappa shape index (κ2) is 6.19. The Morgan fingerprint density at radius 1 is 1.42 bits per heavy atom. The van der Waals surface area contributed by atoms with Crippen LogP contribution in [0.1, 0.15) is 36.0 Å². The molecule has 3 aromatic rings. The van der Waals surface area contributed by atoms with Gasteiger partial charge in [0, 0.05) is 30.6 Å². The van der Waals surface area contributed by atoms with Gasteiger partial charge in [-0.1, -0.05) is 0 Å². The Morgan fingerprint density at radius 2 is 2.25 bits per heavy atom. The smallest absolute Gasteiger partial charge is 0.153 e. The highest BCUT2D eigenvalue weighted by atomic mass is 32.1. The van der Waals surface area contributed by atoms with Gasteiger partial charge >= 0.3 is 0 Å². The van der Waals surface area contributed by atoms with E-state index in [1.54, 1.807) is 17.5 Å². The number of piperidine rings is 1. The van der Waals surface area contributed by atoms with E-state index in [2.05, 4.69) is 31.1 Å². The molecule has 1 saturated heterocycles. The first-order valence-electron chi connectivity index (χ1n) is 7.92. The molecule has 3 aromatic heterocycles. The molecule has 0 radical (unpaired) electrons. The van der Waals surface area contributed by atoms with Crippen molar-refractivity contribution in [2.75, 3.05) is 18.0 Å². The van der Waals surface area contributed by atoms with Crippen molar-refractivity contribution in [3.8, 4) is 6.07 Å². The Morgan fingerprint density at radius 3 is 2.96 bits per heavy atom. The Kier molecular flexibility index (Phi) is 3.88. The molecule has 0 saturated carbocycles. The first-order chi connectivity index (χ1) is 11.8. The minimum Gasteiger partial charge on any atom is -0.355 e. The molecule has 24 heavy (non-hydrogen) atoms. The maximum Gasteiger partial charge on any atom is 0.153 e.